The van der Waals surface area contributed by atoms with E-state index in [1.54, 1.807) is 18.2 Å². The SMILES string of the molecule is CCc1nc2cccc3c2n1-c1c(-c2ccc(-c4ccc5c(-c6ccc7ccccc7c6)c6ccccc6c(-c6ccc7ccccc7c6)c5c4)cc2)cccc1S3(=O)=O. The molecule has 60 heavy (non-hydrogen) atoms. The minimum Gasteiger partial charge on any atom is -0.293 e. The molecule has 0 radical (unpaired) electrons. The van der Waals surface area contributed by atoms with E-state index >= 15 is 0 Å². The van der Waals surface area contributed by atoms with Gasteiger partial charge in [-0.25, -0.2) is 13.4 Å². The lowest BCUT2D eigenvalue weighted by Gasteiger charge is -2.23. The Labute approximate surface area is 347 Å². The molecule has 1 aliphatic heterocycles. The standard InChI is InChI=1S/C55H36N2O2S/c1-2-51-56-48-18-10-20-50-55(48)57(51)54-43(17-9-19-49(54)60(50,58)59)37-25-21-36(22-26-37)40-29-30-46-47(33-40)53(42-28-24-35-12-4-6-14-39(35)32-42)45-16-8-7-15-44(45)52(46)41-27-23-34-11-3-5-13-38(34)31-41/h3-33H,2H2,1H3. The number of hydrogen-bond donors (Lipinski definition) is 0. The van der Waals surface area contributed by atoms with Gasteiger partial charge in [0.05, 0.1) is 26.5 Å². The molecule has 2 heterocycles. The second-order valence-corrected chi connectivity index (χ2v) is 17.6. The van der Waals surface area contributed by atoms with Gasteiger partial charge in [0, 0.05) is 12.0 Å². The maximum Gasteiger partial charge on any atom is 0.210 e. The van der Waals surface area contributed by atoms with Gasteiger partial charge in [-0.15, -0.1) is 0 Å². The number of sulfone groups is 1. The first-order valence-electron chi connectivity index (χ1n) is 20.4. The monoisotopic (exact) mass is 788 g/mol. The third-order valence-electron chi connectivity index (χ3n) is 12.5. The quantitative estimate of drug-likeness (QED) is 0.163. The van der Waals surface area contributed by atoms with Gasteiger partial charge >= 0.3 is 0 Å². The maximum atomic E-state index is 14.1. The van der Waals surface area contributed by atoms with E-state index in [2.05, 4.69) is 163 Å². The van der Waals surface area contributed by atoms with Gasteiger partial charge in [-0.2, -0.15) is 0 Å². The fourth-order valence-electron chi connectivity index (χ4n) is 9.67. The van der Waals surface area contributed by atoms with E-state index in [9.17, 15) is 8.42 Å². The number of para-hydroxylation sites is 2. The molecule has 0 spiro atoms. The van der Waals surface area contributed by atoms with Crippen LogP contribution in [0.4, 0.5) is 0 Å². The smallest absolute Gasteiger partial charge is 0.210 e. The Bertz CT molecular complexity index is 3710. The van der Waals surface area contributed by atoms with Crippen LogP contribution in [0.1, 0.15) is 12.7 Å². The minimum absolute atomic E-state index is 0.307. The van der Waals surface area contributed by atoms with Crippen molar-refractivity contribution in [3.05, 3.63) is 194 Å². The van der Waals surface area contributed by atoms with E-state index in [1.165, 1.54) is 65.3 Å². The fraction of sp³-hybridized carbons (Fsp3) is 0.0364. The number of fused-ring (bicyclic) bond motifs is 6. The van der Waals surface area contributed by atoms with Crippen LogP contribution in [-0.4, -0.2) is 18.0 Å². The summed E-state index contributed by atoms with van der Waals surface area (Å²) < 4.78 is 30.3. The Kier molecular flexibility index (Phi) is 7.56. The normalized spacial score (nSPS) is 13.1. The topological polar surface area (TPSA) is 52.0 Å². The van der Waals surface area contributed by atoms with E-state index in [4.69, 9.17) is 4.98 Å². The predicted octanol–water partition coefficient (Wildman–Crippen LogP) is 14.0. The molecule has 0 unspecified atom stereocenters. The third kappa shape index (κ3) is 5.09. The number of benzene rings is 10. The Morgan fingerprint density at radius 2 is 0.983 bits per heavy atom. The summed E-state index contributed by atoms with van der Waals surface area (Å²) in [4.78, 5) is 5.50. The molecule has 0 atom stereocenters. The number of imidazole rings is 1. The van der Waals surface area contributed by atoms with Gasteiger partial charge in [0.15, 0.2) is 0 Å². The van der Waals surface area contributed by atoms with E-state index in [-0.39, 0.29) is 0 Å². The Balaban J connectivity index is 1.06. The van der Waals surface area contributed by atoms with Gasteiger partial charge in [-0.1, -0.05) is 159 Å². The number of nitrogens with zero attached hydrogens (tertiary/aromatic N) is 2. The molecule has 11 aromatic rings. The summed E-state index contributed by atoms with van der Waals surface area (Å²) in [7, 11) is -3.76. The molecule has 1 aromatic heterocycles. The van der Waals surface area contributed by atoms with Crippen molar-refractivity contribution < 1.29 is 8.42 Å². The maximum absolute atomic E-state index is 14.1. The molecular formula is C55H36N2O2S. The fourth-order valence-corrected chi connectivity index (χ4v) is 11.3. The van der Waals surface area contributed by atoms with Crippen LogP contribution in [0, 0.1) is 0 Å². The van der Waals surface area contributed by atoms with Crippen LogP contribution in [0.3, 0.4) is 0 Å². The summed E-state index contributed by atoms with van der Waals surface area (Å²) in [5.74, 6) is 0.839. The number of rotatable bonds is 5. The van der Waals surface area contributed by atoms with Gasteiger partial charge < -0.3 is 0 Å². The molecule has 0 fully saturated rings. The van der Waals surface area contributed by atoms with Crippen molar-refractivity contribution >= 4 is 64.0 Å². The highest BCUT2D eigenvalue weighted by atomic mass is 32.2. The van der Waals surface area contributed by atoms with Gasteiger partial charge in [-0.3, -0.25) is 4.57 Å². The van der Waals surface area contributed by atoms with Crippen molar-refractivity contribution in [3.8, 4) is 50.2 Å². The molecule has 0 N–H and O–H groups in total. The van der Waals surface area contributed by atoms with Gasteiger partial charge in [0.25, 0.3) is 0 Å². The second kappa shape index (κ2) is 13.1. The summed E-state index contributed by atoms with van der Waals surface area (Å²) in [6.07, 6.45) is 0.669. The summed E-state index contributed by atoms with van der Waals surface area (Å²) in [6.45, 7) is 2.06. The van der Waals surface area contributed by atoms with E-state index < -0.39 is 9.84 Å². The first-order chi connectivity index (χ1) is 29.5. The minimum atomic E-state index is -3.76. The van der Waals surface area contributed by atoms with E-state index in [0.717, 1.165) is 28.1 Å². The molecule has 1 aliphatic rings. The van der Waals surface area contributed by atoms with Crippen LogP contribution >= 0.6 is 0 Å². The number of aryl methyl sites for hydroxylation is 1. The number of aromatic nitrogens is 2. The summed E-state index contributed by atoms with van der Waals surface area (Å²) in [5.41, 5.74) is 10.8. The van der Waals surface area contributed by atoms with Gasteiger partial charge in [-0.05, 0) is 118 Å². The molecule has 0 saturated heterocycles. The Morgan fingerprint density at radius 3 is 1.65 bits per heavy atom. The van der Waals surface area contributed by atoms with Crippen LogP contribution in [0.2, 0.25) is 0 Å². The van der Waals surface area contributed by atoms with Crippen LogP contribution in [0.5, 0.6) is 0 Å². The second-order valence-electron chi connectivity index (χ2n) is 15.8. The Morgan fingerprint density at radius 1 is 0.450 bits per heavy atom. The average molecular weight is 789 g/mol. The molecule has 12 rings (SSSR count). The van der Waals surface area contributed by atoms with Crippen molar-refractivity contribution in [3.63, 3.8) is 0 Å². The van der Waals surface area contributed by atoms with Gasteiger partial charge in [0.2, 0.25) is 9.84 Å². The molecule has 0 amide bonds. The highest BCUT2D eigenvalue weighted by Crippen LogP contribution is 2.47. The summed E-state index contributed by atoms with van der Waals surface area (Å²) in [6, 6.07) is 66.0. The molecule has 0 aliphatic carbocycles. The van der Waals surface area contributed by atoms with Crippen molar-refractivity contribution in [1.82, 2.24) is 9.55 Å². The first kappa shape index (κ1) is 34.7. The van der Waals surface area contributed by atoms with Crippen LogP contribution in [0.15, 0.2) is 198 Å². The summed E-state index contributed by atoms with van der Waals surface area (Å²) >= 11 is 0. The zero-order chi connectivity index (χ0) is 40.1. The zero-order valence-electron chi connectivity index (χ0n) is 32.7. The lowest BCUT2D eigenvalue weighted by Crippen LogP contribution is -2.16. The lowest BCUT2D eigenvalue weighted by molar-refractivity contribution is 0.594. The molecule has 10 aromatic carbocycles. The highest BCUT2D eigenvalue weighted by Gasteiger charge is 2.34. The van der Waals surface area contributed by atoms with E-state index in [1.807, 2.05) is 18.2 Å². The van der Waals surface area contributed by atoms with Crippen molar-refractivity contribution in [2.24, 2.45) is 0 Å². The predicted molar refractivity (Wildman–Crippen MR) is 248 cm³/mol. The zero-order valence-corrected chi connectivity index (χ0v) is 33.5. The average Bonchev–Trinajstić information content (AvgIpc) is 3.68. The van der Waals surface area contributed by atoms with Crippen LogP contribution < -0.4 is 0 Å². The first-order valence-corrected chi connectivity index (χ1v) is 21.9. The van der Waals surface area contributed by atoms with E-state index in [0.29, 0.717) is 32.9 Å². The molecular weight excluding hydrogens is 753 g/mol. The highest BCUT2D eigenvalue weighted by molar-refractivity contribution is 7.92. The lowest BCUT2D eigenvalue weighted by atomic mass is 9.84. The third-order valence-corrected chi connectivity index (χ3v) is 14.3. The largest absolute Gasteiger partial charge is 0.293 e. The van der Waals surface area contributed by atoms with Crippen LogP contribution in [0.25, 0.3) is 104 Å². The molecule has 0 bridgehead atoms. The Hall–Kier alpha value is -7.34. The van der Waals surface area contributed by atoms with Crippen molar-refractivity contribution in [1.29, 1.82) is 0 Å². The molecule has 4 nitrogen and oxygen atoms in total. The van der Waals surface area contributed by atoms with Gasteiger partial charge in [0.1, 0.15) is 5.82 Å². The molecule has 284 valence electrons. The number of hydrogen-bond acceptors (Lipinski definition) is 3. The molecule has 0 saturated carbocycles. The summed E-state index contributed by atoms with van der Waals surface area (Å²) in [5, 5.41) is 9.67. The van der Waals surface area contributed by atoms with Crippen LogP contribution in [-0.2, 0) is 16.3 Å². The molecule has 5 heteroatoms. The van der Waals surface area contributed by atoms with Crippen molar-refractivity contribution in [2.75, 3.05) is 0 Å². The van der Waals surface area contributed by atoms with Crippen molar-refractivity contribution in [2.45, 2.75) is 23.1 Å².